The van der Waals surface area contributed by atoms with Gasteiger partial charge in [0.25, 0.3) is 5.91 Å². The number of carbonyl (C=O) groups is 1. The topological polar surface area (TPSA) is 88.0 Å². The maximum Gasteiger partial charge on any atom is 0.251 e. The molecular weight excluding hydrogens is 230 g/mol. The first-order valence-corrected chi connectivity index (χ1v) is 6.40. The van der Waals surface area contributed by atoms with E-state index in [2.05, 4.69) is 10.3 Å². The lowest BCUT2D eigenvalue weighted by atomic mass is 9.84. The maximum atomic E-state index is 12.0. The summed E-state index contributed by atoms with van der Waals surface area (Å²) < 4.78 is 0. The fraction of sp³-hybridized carbons (Fsp3) is 0.538. The highest BCUT2D eigenvalue weighted by Gasteiger charge is 2.25. The van der Waals surface area contributed by atoms with Gasteiger partial charge in [0.1, 0.15) is 0 Å². The second kappa shape index (κ2) is 5.82. The third-order valence-corrected chi connectivity index (χ3v) is 3.57. The van der Waals surface area contributed by atoms with Crippen LogP contribution in [0.25, 0.3) is 0 Å². The van der Waals surface area contributed by atoms with Crippen molar-refractivity contribution >= 4 is 5.91 Å². The number of amides is 1. The summed E-state index contributed by atoms with van der Waals surface area (Å²) in [5.41, 5.74) is 5.87. The van der Waals surface area contributed by atoms with E-state index in [-0.39, 0.29) is 17.5 Å². The molecule has 18 heavy (non-hydrogen) atoms. The standard InChI is InChI=1S/C13H19N3O2/c14-8-10-3-1-2-4-11(10)16-13(18)9-5-6-15-12(17)7-9/h5-7,10-11H,1-4,8,14H2,(H,15,17)(H,16,18). The quantitative estimate of drug-likeness (QED) is 0.734. The highest BCUT2D eigenvalue weighted by molar-refractivity contribution is 5.94. The van der Waals surface area contributed by atoms with Crippen LogP contribution in [0.1, 0.15) is 36.0 Å². The summed E-state index contributed by atoms with van der Waals surface area (Å²) in [5, 5.41) is 2.99. The first kappa shape index (κ1) is 12.8. The SMILES string of the molecule is NCC1CCCCC1NC(=O)c1cc[nH]c(=O)c1. The molecule has 0 saturated heterocycles. The molecular formula is C13H19N3O2. The molecule has 0 aromatic carbocycles. The molecule has 0 bridgehead atoms. The van der Waals surface area contributed by atoms with Gasteiger partial charge in [-0.3, -0.25) is 9.59 Å². The highest BCUT2D eigenvalue weighted by Crippen LogP contribution is 2.23. The van der Waals surface area contributed by atoms with E-state index in [0.717, 1.165) is 19.3 Å². The van der Waals surface area contributed by atoms with Crippen LogP contribution in [-0.4, -0.2) is 23.5 Å². The van der Waals surface area contributed by atoms with Crippen molar-refractivity contribution in [2.45, 2.75) is 31.7 Å². The highest BCUT2D eigenvalue weighted by atomic mass is 16.2. The van der Waals surface area contributed by atoms with E-state index < -0.39 is 0 Å². The molecule has 0 spiro atoms. The number of aromatic nitrogens is 1. The molecule has 2 rings (SSSR count). The molecule has 1 aliphatic carbocycles. The van der Waals surface area contributed by atoms with E-state index in [1.54, 1.807) is 6.07 Å². The number of nitrogens with one attached hydrogen (secondary N) is 2. The van der Waals surface area contributed by atoms with Gasteiger partial charge in [-0.1, -0.05) is 12.8 Å². The molecule has 1 heterocycles. The number of hydrogen-bond donors (Lipinski definition) is 3. The fourth-order valence-electron chi connectivity index (χ4n) is 2.52. The lowest BCUT2D eigenvalue weighted by Gasteiger charge is -2.31. The summed E-state index contributed by atoms with van der Waals surface area (Å²) in [6.45, 7) is 0.598. The Bertz CT molecular complexity index is 469. The van der Waals surface area contributed by atoms with Gasteiger partial charge in [0.15, 0.2) is 0 Å². The molecule has 2 atom stereocenters. The number of rotatable bonds is 3. The van der Waals surface area contributed by atoms with Gasteiger partial charge in [-0.2, -0.15) is 0 Å². The maximum absolute atomic E-state index is 12.0. The van der Waals surface area contributed by atoms with Crippen molar-refractivity contribution in [1.29, 1.82) is 0 Å². The zero-order valence-corrected chi connectivity index (χ0v) is 10.3. The second-order valence-corrected chi connectivity index (χ2v) is 4.80. The van der Waals surface area contributed by atoms with E-state index >= 15 is 0 Å². The van der Waals surface area contributed by atoms with E-state index in [9.17, 15) is 9.59 Å². The summed E-state index contributed by atoms with van der Waals surface area (Å²) in [5.74, 6) is 0.163. The zero-order chi connectivity index (χ0) is 13.0. The minimum Gasteiger partial charge on any atom is -0.349 e. The Kier molecular flexibility index (Phi) is 4.15. The van der Waals surface area contributed by atoms with Crippen LogP contribution < -0.4 is 16.6 Å². The Labute approximate surface area is 106 Å². The van der Waals surface area contributed by atoms with Crippen molar-refractivity contribution < 1.29 is 4.79 Å². The van der Waals surface area contributed by atoms with Crippen molar-refractivity contribution in [2.75, 3.05) is 6.54 Å². The van der Waals surface area contributed by atoms with Crippen molar-refractivity contribution in [3.63, 3.8) is 0 Å². The van der Waals surface area contributed by atoms with E-state index in [0.29, 0.717) is 18.0 Å². The molecule has 4 N–H and O–H groups in total. The molecule has 1 amide bonds. The number of hydrogen-bond acceptors (Lipinski definition) is 3. The van der Waals surface area contributed by atoms with Crippen LogP contribution in [0.4, 0.5) is 0 Å². The molecule has 0 aliphatic heterocycles. The molecule has 98 valence electrons. The zero-order valence-electron chi connectivity index (χ0n) is 10.3. The van der Waals surface area contributed by atoms with Crippen LogP contribution in [-0.2, 0) is 0 Å². The third-order valence-electron chi connectivity index (χ3n) is 3.57. The minimum absolute atomic E-state index is 0.135. The average molecular weight is 249 g/mol. The third kappa shape index (κ3) is 2.98. The van der Waals surface area contributed by atoms with Gasteiger partial charge in [-0.25, -0.2) is 0 Å². The molecule has 2 unspecified atom stereocenters. The molecule has 1 fully saturated rings. The average Bonchev–Trinajstić information content (AvgIpc) is 2.39. The van der Waals surface area contributed by atoms with Crippen LogP contribution in [0, 0.1) is 5.92 Å². The van der Waals surface area contributed by atoms with Crippen molar-refractivity contribution in [3.05, 3.63) is 34.2 Å². The molecule has 0 radical (unpaired) electrons. The molecule has 1 saturated carbocycles. The number of carbonyl (C=O) groups excluding carboxylic acids is 1. The lowest BCUT2D eigenvalue weighted by Crippen LogP contribution is -2.44. The number of pyridine rings is 1. The molecule has 1 aromatic heterocycles. The van der Waals surface area contributed by atoms with Crippen LogP contribution >= 0.6 is 0 Å². The predicted molar refractivity (Wildman–Crippen MR) is 69.3 cm³/mol. The summed E-state index contributed by atoms with van der Waals surface area (Å²) in [7, 11) is 0. The van der Waals surface area contributed by atoms with Gasteiger partial charge < -0.3 is 16.0 Å². The van der Waals surface area contributed by atoms with Crippen LogP contribution in [0.3, 0.4) is 0 Å². The van der Waals surface area contributed by atoms with Crippen molar-refractivity contribution in [3.8, 4) is 0 Å². The van der Waals surface area contributed by atoms with Gasteiger partial charge in [-0.15, -0.1) is 0 Å². The fourth-order valence-corrected chi connectivity index (χ4v) is 2.52. The Morgan fingerprint density at radius 2 is 2.22 bits per heavy atom. The minimum atomic E-state index is -0.262. The molecule has 1 aromatic rings. The van der Waals surface area contributed by atoms with E-state index in [4.69, 9.17) is 5.73 Å². The Morgan fingerprint density at radius 1 is 1.44 bits per heavy atom. The summed E-state index contributed by atoms with van der Waals surface area (Å²) in [6.07, 6.45) is 5.82. The van der Waals surface area contributed by atoms with Crippen LogP contribution in [0.15, 0.2) is 23.1 Å². The van der Waals surface area contributed by atoms with Gasteiger partial charge >= 0.3 is 0 Å². The van der Waals surface area contributed by atoms with Crippen LogP contribution in [0.5, 0.6) is 0 Å². The lowest BCUT2D eigenvalue weighted by molar-refractivity contribution is 0.0908. The summed E-state index contributed by atoms with van der Waals surface area (Å²) in [6, 6.07) is 3.06. The van der Waals surface area contributed by atoms with Crippen molar-refractivity contribution in [2.24, 2.45) is 11.7 Å². The summed E-state index contributed by atoms with van der Waals surface area (Å²) >= 11 is 0. The summed E-state index contributed by atoms with van der Waals surface area (Å²) in [4.78, 5) is 25.7. The van der Waals surface area contributed by atoms with Crippen LogP contribution in [0.2, 0.25) is 0 Å². The molecule has 5 nitrogen and oxygen atoms in total. The monoisotopic (exact) mass is 249 g/mol. The number of H-pyrrole nitrogens is 1. The van der Waals surface area contributed by atoms with Gasteiger partial charge in [-0.05, 0) is 31.4 Å². The number of nitrogens with two attached hydrogens (primary N) is 1. The van der Waals surface area contributed by atoms with Crippen molar-refractivity contribution in [1.82, 2.24) is 10.3 Å². The Balaban J connectivity index is 2.04. The molecule has 1 aliphatic rings. The predicted octanol–water partition coefficient (Wildman–Crippen LogP) is 0.622. The first-order valence-electron chi connectivity index (χ1n) is 6.40. The van der Waals surface area contributed by atoms with Gasteiger partial charge in [0.2, 0.25) is 5.56 Å². The Morgan fingerprint density at radius 3 is 2.94 bits per heavy atom. The number of aromatic amines is 1. The normalized spacial score (nSPS) is 23.6. The second-order valence-electron chi connectivity index (χ2n) is 4.80. The largest absolute Gasteiger partial charge is 0.349 e. The molecule has 5 heteroatoms. The van der Waals surface area contributed by atoms with Gasteiger partial charge in [0, 0.05) is 23.9 Å². The first-order chi connectivity index (χ1) is 8.70. The van der Waals surface area contributed by atoms with Gasteiger partial charge in [0.05, 0.1) is 0 Å². The van der Waals surface area contributed by atoms with E-state index in [1.165, 1.54) is 18.7 Å². The van der Waals surface area contributed by atoms with E-state index in [1.807, 2.05) is 0 Å². The smallest absolute Gasteiger partial charge is 0.251 e. The Hall–Kier alpha value is -1.62.